The van der Waals surface area contributed by atoms with Crippen LogP contribution in [0, 0.1) is 5.92 Å². The quantitative estimate of drug-likeness (QED) is 0.122. The molecule has 7 nitrogen and oxygen atoms in total. The van der Waals surface area contributed by atoms with Crippen molar-refractivity contribution in [1.29, 1.82) is 0 Å². The largest absolute Gasteiger partial charge is 0.379 e. The summed E-state index contributed by atoms with van der Waals surface area (Å²) in [5.41, 5.74) is 0. The molecule has 0 amide bonds. The molecule has 1 unspecified atom stereocenters. The van der Waals surface area contributed by atoms with Gasteiger partial charge >= 0.3 is 0 Å². The summed E-state index contributed by atoms with van der Waals surface area (Å²) in [4.78, 5) is 0. The van der Waals surface area contributed by atoms with Crippen LogP contribution in [0.2, 0.25) is 0 Å². The van der Waals surface area contributed by atoms with Gasteiger partial charge in [-0.25, -0.2) is 8.42 Å². The smallest absolute Gasteiger partial charge is 0.264 e. The fourth-order valence-electron chi connectivity index (χ4n) is 4.78. The van der Waals surface area contributed by atoms with Gasteiger partial charge in [-0.05, 0) is 18.8 Å². The molecule has 1 aliphatic carbocycles. The Morgan fingerprint density at radius 3 is 1.89 bits per heavy atom. The molecule has 0 aromatic heterocycles. The second kappa shape index (κ2) is 19.8. The summed E-state index contributed by atoms with van der Waals surface area (Å²) in [6.45, 7) is 0.728. The normalized spacial score (nSPS) is 16.5. The molecule has 0 aromatic carbocycles. The lowest BCUT2D eigenvalue weighted by atomic mass is 9.85. The van der Waals surface area contributed by atoms with E-state index in [0.29, 0.717) is 6.61 Å². The molecule has 1 aliphatic rings. The van der Waals surface area contributed by atoms with E-state index in [1.165, 1.54) is 97.0 Å². The van der Waals surface area contributed by atoms with Gasteiger partial charge in [0.25, 0.3) is 10.1 Å². The maximum atomic E-state index is 12.2. The molecule has 0 radical (unpaired) electrons. The molecule has 1 atom stereocenters. The van der Waals surface area contributed by atoms with Gasteiger partial charge in [-0.15, -0.1) is 0 Å². The van der Waals surface area contributed by atoms with Gasteiger partial charge in [0.05, 0.1) is 37.1 Å². The van der Waals surface area contributed by atoms with Gasteiger partial charge in [-0.3, -0.25) is 4.18 Å². The SMILES string of the molecule is COC(COCCCCCCCCCCCCC1CCCCC1)CS(=O)(=O)CCCOS(C)(=O)=O. The topological polar surface area (TPSA) is 96.0 Å². The van der Waals surface area contributed by atoms with Crippen molar-refractivity contribution in [3.63, 3.8) is 0 Å². The third kappa shape index (κ3) is 20.5. The maximum Gasteiger partial charge on any atom is 0.264 e. The third-order valence-electron chi connectivity index (χ3n) is 6.85. The second-order valence-corrected chi connectivity index (χ2v) is 14.1. The summed E-state index contributed by atoms with van der Waals surface area (Å²) >= 11 is 0. The highest BCUT2D eigenvalue weighted by Gasteiger charge is 2.19. The fourth-order valence-corrected chi connectivity index (χ4v) is 6.73. The fraction of sp³-hybridized carbons (Fsp3) is 1.00. The van der Waals surface area contributed by atoms with Gasteiger partial charge in [0, 0.05) is 13.7 Å². The summed E-state index contributed by atoms with van der Waals surface area (Å²) in [6.07, 6.45) is 22.3. The Kier molecular flexibility index (Phi) is 18.6. The molecule has 0 bridgehead atoms. The number of sulfone groups is 1. The highest BCUT2D eigenvalue weighted by atomic mass is 32.2. The number of hydrogen-bond acceptors (Lipinski definition) is 7. The lowest BCUT2D eigenvalue weighted by molar-refractivity contribution is 0.0190. The first-order valence-electron chi connectivity index (χ1n) is 13.9. The average Bonchev–Trinajstić information content (AvgIpc) is 2.81. The molecule has 0 spiro atoms. The van der Waals surface area contributed by atoms with E-state index in [9.17, 15) is 16.8 Å². The summed E-state index contributed by atoms with van der Waals surface area (Å²) in [5, 5.41) is 0. The van der Waals surface area contributed by atoms with Crippen LogP contribution in [0.25, 0.3) is 0 Å². The van der Waals surface area contributed by atoms with Crippen molar-refractivity contribution in [2.75, 3.05) is 44.7 Å². The van der Waals surface area contributed by atoms with Crippen LogP contribution in [0.3, 0.4) is 0 Å². The third-order valence-corrected chi connectivity index (χ3v) is 9.23. The monoisotopic (exact) mass is 540 g/mol. The first-order chi connectivity index (χ1) is 16.7. The van der Waals surface area contributed by atoms with Crippen molar-refractivity contribution in [3.05, 3.63) is 0 Å². The Labute approximate surface area is 216 Å². The van der Waals surface area contributed by atoms with Gasteiger partial charge in [0.1, 0.15) is 0 Å². The van der Waals surface area contributed by atoms with E-state index in [2.05, 4.69) is 4.18 Å². The van der Waals surface area contributed by atoms with Crippen molar-refractivity contribution >= 4 is 20.0 Å². The van der Waals surface area contributed by atoms with Crippen LogP contribution in [0.4, 0.5) is 0 Å². The number of methoxy groups -OCH3 is 1. The van der Waals surface area contributed by atoms with Gasteiger partial charge in [0.15, 0.2) is 9.84 Å². The predicted molar refractivity (Wildman–Crippen MR) is 143 cm³/mol. The minimum Gasteiger partial charge on any atom is -0.379 e. The second-order valence-electron chi connectivity index (χ2n) is 10.3. The lowest BCUT2D eigenvalue weighted by Gasteiger charge is -2.21. The minimum absolute atomic E-state index is 0.132. The van der Waals surface area contributed by atoms with E-state index in [4.69, 9.17) is 9.47 Å². The molecule has 1 rings (SSSR count). The zero-order valence-corrected chi connectivity index (χ0v) is 24.0. The molecule has 9 heteroatoms. The van der Waals surface area contributed by atoms with Crippen LogP contribution >= 0.6 is 0 Å². The van der Waals surface area contributed by atoms with Crippen LogP contribution < -0.4 is 0 Å². The Morgan fingerprint density at radius 1 is 0.743 bits per heavy atom. The Balaban J connectivity index is 1.90. The number of rotatable bonds is 23. The van der Waals surface area contributed by atoms with E-state index in [1.54, 1.807) is 0 Å². The number of hydrogen-bond donors (Lipinski definition) is 0. The van der Waals surface area contributed by atoms with Gasteiger partial charge in [0.2, 0.25) is 0 Å². The minimum atomic E-state index is -3.54. The van der Waals surface area contributed by atoms with Gasteiger partial charge in [-0.2, -0.15) is 8.42 Å². The van der Waals surface area contributed by atoms with Crippen LogP contribution in [0.1, 0.15) is 109 Å². The molecule has 0 aromatic rings. The Hall–Kier alpha value is -0.220. The standard InChI is InChI=1S/C26H52O7S2/c1-31-26(24-35(29,30)22-16-21-33-34(2,27)28)23-32-20-15-10-8-6-4-3-5-7-9-12-17-25-18-13-11-14-19-25/h25-26H,3-24H2,1-2H3. The maximum absolute atomic E-state index is 12.2. The molecule has 0 heterocycles. The van der Waals surface area contributed by atoms with Crippen molar-refractivity contribution < 1.29 is 30.5 Å². The van der Waals surface area contributed by atoms with E-state index in [-0.39, 0.29) is 31.1 Å². The first-order valence-corrected chi connectivity index (χ1v) is 17.5. The van der Waals surface area contributed by atoms with Crippen LogP contribution in [0.15, 0.2) is 0 Å². The molecular formula is C26H52O7S2. The van der Waals surface area contributed by atoms with Crippen LogP contribution in [-0.2, 0) is 33.6 Å². The summed E-state index contributed by atoms with van der Waals surface area (Å²) in [6, 6.07) is 0. The molecule has 0 N–H and O–H groups in total. The molecule has 1 fully saturated rings. The van der Waals surface area contributed by atoms with E-state index in [0.717, 1.165) is 25.0 Å². The summed E-state index contributed by atoms with van der Waals surface area (Å²) < 4.78 is 61.7. The molecular weight excluding hydrogens is 488 g/mol. The summed E-state index contributed by atoms with van der Waals surface area (Å²) in [5.74, 6) is 0.758. The summed E-state index contributed by atoms with van der Waals surface area (Å²) in [7, 11) is -5.43. The lowest BCUT2D eigenvalue weighted by Crippen LogP contribution is -2.29. The van der Waals surface area contributed by atoms with Crippen LogP contribution in [0.5, 0.6) is 0 Å². The molecule has 35 heavy (non-hydrogen) atoms. The number of unbranched alkanes of at least 4 members (excludes halogenated alkanes) is 9. The highest BCUT2D eigenvalue weighted by Crippen LogP contribution is 2.28. The molecule has 0 aliphatic heterocycles. The van der Waals surface area contributed by atoms with Crippen molar-refractivity contribution in [2.24, 2.45) is 5.92 Å². The highest BCUT2D eigenvalue weighted by molar-refractivity contribution is 7.91. The van der Waals surface area contributed by atoms with Crippen molar-refractivity contribution in [1.82, 2.24) is 0 Å². The molecule has 0 saturated heterocycles. The van der Waals surface area contributed by atoms with Crippen molar-refractivity contribution in [3.8, 4) is 0 Å². The zero-order valence-electron chi connectivity index (χ0n) is 22.4. The predicted octanol–water partition coefficient (Wildman–Crippen LogP) is 5.67. The molecule has 210 valence electrons. The van der Waals surface area contributed by atoms with E-state index in [1.807, 2.05) is 0 Å². The Bertz CT molecular complexity index is 701. The zero-order chi connectivity index (χ0) is 25.8. The average molecular weight is 541 g/mol. The van der Waals surface area contributed by atoms with Gasteiger partial charge in [-0.1, -0.05) is 96.3 Å². The molecule has 1 saturated carbocycles. The van der Waals surface area contributed by atoms with Crippen LogP contribution in [-0.4, -0.2) is 67.6 Å². The van der Waals surface area contributed by atoms with Gasteiger partial charge < -0.3 is 9.47 Å². The van der Waals surface area contributed by atoms with E-state index >= 15 is 0 Å². The first kappa shape index (κ1) is 32.8. The number of ether oxygens (including phenoxy) is 2. The van der Waals surface area contributed by atoms with E-state index < -0.39 is 26.1 Å². The Morgan fingerprint density at radius 2 is 1.31 bits per heavy atom. The van der Waals surface area contributed by atoms with Crippen molar-refractivity contribution in [2.45, 2.75) is 115 Å².